The van der Waals surface area contributed by atoms with E-state index in [4.69, 9.17) is 5.53 Å². The number of amides is 2. The predicted octanol–water partition coefficient (Wildman–Crippen LogP) is 1.52. The summed E-state index contributed by atoms with van der Waals surface area (Å²) in [5, 5.41) is 3.31. The smallest absolute Gasteiger partial charge is 0.314 e. The number of carbonyl (C=O) groups excluding carboxylic acids is 3. The van der Waals surface area contributed by atoms with Gasteiger partial charge in [-0.1, -0.05) is 17.2 Å². The number of fused-ring (bicyclic) bond motifs is 1. The summed E-state index contributed by atoms with van der Waals surface area (Å²) in [6, 6.07) is 5.42. The molecule has 0 radical (unpaired) electrons. The molecule has 1 atom stereocenters. The number of nitrogens with zero attached hydrogens (tertiary/aromatic N) is 4. The van der Waals surface area contributed by atoms with Crippen LogP contribution in [-0.4, -0.2) is 42.4 Å². The van der Waals surface area contributed by atoms with E-state index < -0.39 is 23.8 Å². The van der Waals surface area contributed by atoms with Crippen LogP contribution in [0.25, 0.3) is 10.4 Å². The highest BCUT2D eigenvalue weighted by Crippen LogP contribution is 2.22. The zero-order valence-electron chi connectivity index (χ0n) is 11.2. The normalized spacial score (nSPS) is 14.4. The van der Waals surface area contributed by atoms with Crippen molar-refractivity contribution in [2.45, 2.75) is 12.5 Å². The first kappa shape index (κ1) is 14.5. The van der Waals surface area contributed by atoms with Crippen molar-refractivity contribution in [1.82, 2.24) is 4.90 Å². The highest BCUT2D eigenvalue weighted by atomic mass is 16.5. The van der Waals surface area contributed by atoms with Gasteiger partial charge in [-0.25, -0.2) is 0 Å². The molecule has 0 saturated carbocycles. The zero-order chi connectivity index (χ0) is 15.4. The van der Waals surface area contributed by atoms with Crippen LogP contribution in [0.3, 0.4) is 0 Å². The average molecular weight is 288 g/mol. The van der Waals surface area contributed by atoms with E-state index in [-0.39, 0.29) is 13.0 Å². The molecule has 0 N–H and O–H groups in total. The molecular formula is C13H12N4O4. The fraction of sp³-hybridized carbons (Fsp3) is 0.308. The van der Waals surface area contributed by atoms with E-state index >= 15 is 0 Å². The summed E-state index contributed by atoms with van der Waals surface area (Å²) in [6.45, 7) is -0.0227. The van der Waals surface area contributed by atoms with Gasteiger partial charge in [0, 0.05) is 11.5 Å². The SMILES string of the molecule is COC(=O)[C@@H](CCN1C(=O)c2ccccc2C1=O)N=[N+]=[N-]. The summed E-state index contributed by atoms with van der Waals surface area (Å²) in [5.41, 5.74) is 9.09. The van der Waals surface area contributed by atoms with Gasteiger partial charge in [0.15, 0.2) is 0 Å². The maximum Gasteiger partial charge on any atom is 0.314 e. The van der Waals surface area contributed by atoms with Crippen LogP contribution < -0.4 is 0 Å². The Morgan fingerprint density at radius 1 is 1.33 bits per heavy atom. The van der Waals surface area contributed by atoms with Crippen LogP contribution in [0.4, 0.5) is 0 Å². The van der Waals surface area contributed by atoms with Gasteiger partial charge in [-0.15, -0.1) is 0 Å². The molecule has 0 unspecified atom stereocenters. The summed E-state index contributed by atoms with van der Waals surface area (Å²) >= 11 is 0. The number of methoxy groups -OCH3 is 1. The Labute approximate surface area is 119 Å². The topological polar surface area (TPSA) is 112 Å². The van der Waals surface area contributed by atoms with Crippen molar-refractivity contribution in [2.75, 3.05) is 13.7 Å². The van der Waals surface area contributed by atoms with E-state index in [9.17, 15) is 14.4 Å². The van der Waals surface area contributed by atoms with E-state index in [0.717, 1.165) is 4.90 Å². The molecule has 2 amide bonds. The van der Waals surface area contributed by atoms with Crippen molar-refractivity contribution in [3.8, 4) is 0 Å². The van der Waals surface area contributed by atoms with Crippen LogP contribution in [0.15, 0.2) is 29.4 Å². The maximum absolute atomic E-state index is 12.1. The Balaban J connectivity index is 2.11. The highest BCUT2D eigenvalue weighted by molar-refractivity contribution is 6.21. The molecule has 8 nitrogen and oxygen atoms in total. The standard InChI is InChI=1S/C13H12N4O4/c1-21-13(20)10(15-16-14)6-7-17-11(18)8-4-2-3-5-9(8)12(17)19/h2-5,10H,6-7H2,1H3/t10-/m1/s1. The van der Waals surface area contributed by atoms with Crippen LogP contribution in [-0.2, 0) is 9.53 Å². The van der Waals surface area contributed by atoms with Gasteiger partial charge in [0.05, 0.1) is 18.2 Å². The van der Waals surface area contributed by atoms with Crippen molar-refractivity contribution in [1.29, 1.82) is 0 Å². The zero-order valence-corrected chi connectivity index (χ0v) is 11.2. The molecule has 1 aromatic carbocycles. The van der Waals surface area contributed by atoms with Gasteiger partial charge in [0.1, 0.15) is 6.04 Å². The maximum atomic E-state index is 12.1. The lowest BCUT2D eigenvalue weighted by Gasteiger charge is -2.15. The molecule has 0 aromatic heterocycles. The largest absolute Gasteiger partial charge is 0.469 e. The third-order valence-corrected chi connectivity index (χ3v) is 3.17. The Kier molecular flexibility index (Phi) is 4.20. The molecule has 0 spiro atoms. The number of azide groups is 1. The number of ether oxygens (including phenoxy) is 1. The molecule has 0 aliphatic carbocycles. The van der Waals surface area contributed by atoms with Gasteiger partial charge < -0.3 is 4.74 Å². The Morgan fingerprint density at radius 3 is 2.38 bits per heavy atom. The molecule has 0 saturated heterocycles. The number of imide groups is 1. The highest BCUT2D eigenvalue weighted by Gasteiger charge is 2.35. The number of hydrogen-bond donors (Lipinski definition) is 0. The van der Waals surface area contributed by atoms with Gasteiger partial charge in [0.25, 0.3) is 11.8 Å². The molecule has 8 heteroatoms. The van der Waals surface area contributed by atoms with Crippen molar-refractivity contribution in [3.05, 3.63) is 45.8 Å². The lowest BCUT2D eigenvalue weighted by molar-refractivity contribution is -0.142. The van der Waals surface area contributed by atoms with Crippen LogP contribution in [0.1, 0.15) is 27.1 Å². The second-order valence-electron chi connectivity index (χ2n) is 4.34. The Morgan fingerprint density at radius 2 is 1.90 bits per heavy atom. The second-order valence-corrected chi connectivity index (χ2v) is 4.34. The molecule has 2 rings (SSSR count). The molecular weight excluding hydrogens is 276 g/mol. The van der Waals surface area contributed by atoms with Crippen LogP contribution in [0.5, 0.6) is 0 Å². The third-order valence-electron chi connectivity index (χ3n) is 3.17. The summed E-state index contributed by atoms with van der Waals surface area (Å²) in [5.74, 6) is -1.54. The van der Waals surface area contributed by atoms with Gasteiger partial charge >= 0.3 is 5.97 Å². The lowest BCUT2D eigenvalue weighted by Crippen LogP contribution is -2.34. The molecule has 1 heterocycles. The Hall–Kier alpha value is -2.86. The lowest BCUT2D eigenvalue weighted by atomic mass is 10.1. The molecule has 108 valence electrons. The van der Waals surface area contributed by atoms with Gasteiger partial charge in [-0.2, -0.15) is 0 Å². The minimum atomic E-state index is -1.07. The van der Waals surface area contributed by atoms with E-state index in [0.29, 0.717) is 11.1 Å². The number of benzene rings is 1. The molecule has 1 aliphatic heterocycles. The summed E-state index contributed by atoms with van der Waals surface area (Å²) in [4.78, 5) is 39.2. The van der Waals surface area contributed by atoms with Crippen LogP contribution >= 0.6 is 0 Å². The first-order chi connectivity index (χ1) is 10.1. The quantitative estimate of drug-likeness (QED) is 0.269. The number of esters is 1. The van der Waals surface area contributed by atoms with Crippen molar-refractivity contribution >= 4 is 17.8 Å². The molecule has 21 heavy (non-hydrogen) atoms. The van der Waals surface area contributed by atoms with Gasteiger partial charge in [0.2, 0.25) is 0 Å². The minimum Gasteiger partial charge on any atom is -0.469 e. The second kappa shape index (κ2) is 6.06. The summed E-state index contributed by atoms with van der Waals surface area (Å²) < 4.78 is 4.50. The van der Waals surface area contributed by atoms with E-state index in [1.807, 2.05) is 0 Å². The first-order valence-corrected chi connectivity index (χ1v) is 6.17. The molecule has 1 aliphatic rings. The third kappa shape index (κ3) is 2.70. The number of hydrogen-bond acceptors (Lipinski definition) is 5. The van der Waals surface area contributed by atoms with Gasteiger partial charge in [-0.05, 0) is 24.1 Å². The molecule has 0 fully saturated rings. The van der Waals surface area contributed by atoms with E-state index in [1.165, 1.54) is 7.11 Å². The van der Waals surface area contributed by atoms with Crippen molar-refractivity contribution < 1.29 is 19.1 Å². The number of carbonyl (C=O) groups is 3. The van der Waals surface area contributed by atoms with Crippen LogP contribution in [0.2, 0.25) is 0 Å². The Bertz CT molecular complexity index is 616. The van der Waals surface area contributed by atoms with Crippen LogP contribution in [0, 0.1) is 0 Å². The fourth-order valence-electron chi connectivity index (χ4n) is 2.11. The average Bonchev–Trinajstić information content (AvgIpc) is 2.75. The molecule has 1 aromatic rings. The molecule has 0 bridgehead atoms. The van der Waals surface area contributed by atoms with E-state index in [2.05, 4.69) is 14.8 Å². The predicted molar refractivity (Wildman–Crippen MR) is 71.4 cm³/mol. The van der Waals surface area contributed by atoms with Gasteiger partial charge in [-0.3, -0.25) is 19.3 Å². The van der Waals surface area contributed by atoms with E-state index in [1.54, 1.807) is 24.3 Å². The monoisotopic (exact) mass is 288 g/mol. The van der Waals surface area contributed by atoms with Crippen molar-refractivity contribution in [3.63, 3.8) is 0 Å². The summed E-state index contributed by atoms with van der Waals surface area (Å²) in [7, 11) is 1.17. The fourth-order valence-corrected chi connectivity index (χ4v) is 2.11. The van der Waals surface area contributed by atoms with Crippen molar-refractivity contribution in [2.24, 2.45) is 5.11 Å². The minimum absolute atomic E-state index is 0.0161. The first-order valence-electron chi connectivity index (χ1n) is 6.17. The summed E-state index contributed by atoms with van der Waals surface area (Å²) in [6.07, 6.45) is 0.0161. The number of rotatable bonds is 5.